The van der Waals surface area contributed by atoms with Crippen LogP contribution in [0.5, 0.6) is 11.5 Å². The van der Waals surface area contributed by atoms with E-state index in [4.69, 9.17) is 15.2 Å². The van der Waals surface area contributed by atoms with Crippen LogP contribution in [0.15, 0.2) is 18.2 Å². The van der Waals surface area contributed by atoms with Crippen LogP contribution in [0, 0.1) is 0 Å². The number of fused-ring (bicyclic) bond motifs is 1. The number of rotatable bonds is 5. The van der Waals surface area contributed by atoms with Crippen LogP contribution in [0.1, 0.15) is 31.9 Å². The van der Waals surface area contributed by atoms with Gasteiger partial charge in [-0.25, -0.2) is 0 Å². The van der Waals surface area contributed by atoms with Crippen molar-refractivity contribution in [2.75, 3.05) is 19.0 Å². The quantitative estimate of drug-likeness (QED) is 0.898. The molecule has 5 heteroatoms. The molecule has 0 aliphatic carbocycles. The standard InChI is InChI=1S/C14H21NO3S/c1-3-10(2)19(16)9-12(15)11-4-5-13-14(8-11)18-7-6-17-13/h4-5,8,10,12H,3,6-7,9,15H2,1-2H3. The maximum absolute atomic E-state index is 12.0. The van der Waals surface area contributed by atoms with Crippen LogP contribution in [-0.4, -0.2) is 28.4 Å². The summed E-state index contributed by atoms with van der Waals surface area (Å²) in [4.78, 5) is 0. The van der Waals surface area contributed by atoms with Gasteiger partial charge in [-0.3, -0.25) is 4.21 Å². The fourth-order valence-corrected chi connectivity index (χ4v) is 3.16. The van der Waals surface area contributed by atoms with E-state index in [0.717, 1.165) is 23.5 Å². The van der Waals surface area contributed by atoms with Crippen LogP contribution < -0.4 is 15.2 Å². The van der Waals surface area contributed by atoms with Crippen molar-refractivity contribution in [3.8, 4) is 11.5 Å². The van der Waals surface area contributed by atoms with Crippen molar-refractivity contribution in [1.29, 1.82) is 0 Å². The molecule has 106 valence electrons. The maximum atomic E-state index is 12.0. The molecule has 2 N–H and O–H groups in total. The Morgan fingerprint density at radius 2 is 2.00 bits per heavy atom. The molecule has 0 saturated heterocycles. The molecule has 0 saturated carbocycles. The van der Waals surface area contributed by atoms with E-state index in [-0.39, 0.29) is 11.3 Å². The molecule has 0 amide bonds. The third-order valence-electron chi connectivity index (χ3n) is 3.36. The number of nitrogens with two attached hydrogens (primary N) is 1. The molecule has 0 bridgehead atoms. The third-order valence-corrected chi connectivity index (χ3v) is 5.28. The Morgan fingerprint density at radius 3 is 2.68 bits per heavy atom. The Hall–Kier alpha value is -1.07. The van der Waals surface area contributed by atoms with Gasteiger partial charge in [0, 0.05) is 27.8 Å². The number of hydrogen-bond donors (Lipinski definition) is 1. The summed E-state index contributed by atoms with van der Waals surface area (Å²) in [5.41, 5.74) is 7.08. The Labute approximate surface area is 116 Å². The number of hydrogen-bond acceptors (Lipinski definition) is 4. The summed E-state index contributed by atoms with van der Waals surface area (Å²) in [6.45, 7) is 5.17. The Kier molecular flexibility index (Phi) is 4.82. The lowest BCUT2D eigenvalue weighted by Crippen LogP contribution is -2.23. The number of ether oxygens (including phenoxy) is 2. The van der Waals surface area contributed by atoms with Gasteiger partial charge in [0.1, 0.15) is 13.2 Å². The molecule has 19 heavy (non-hydrogen) atoms. The van der Waals surface area contributed by atoms with E-state index in [1.165, 1.54) is 0 Å². The Balaban J connectivity index is 2.07. The second-order valence-corrected chi connectivity index (χ2v) is 6.68. The lowest BCUT2D eigenvalue weighted by molar-refractivity contribution is 0.171. The summed E-state index contributed by atoms with van der Waals surface area (Å²) in [5.74, 6) is 1.97. The van der Waals surface area contributed by atoms with E-state index in [0.29, 0.717) is 19.0 Å². The van der Waals surface area contributed by atoms with E-state index in [9.17, 15) is 4.21 Å². The Bertz CT molecular complexity index is 464. The number of benzene rings is 1. The van der Waals surface area contributed by atoms with Gasteiger partial charge in [0.05, 0.1) is 0 Å². The van der Waals surface area contributed by atoms with E-state index in [1.54, 1.807) is 0 Å². The van der Waals surface area contributed by atoms with E-state index in [1.807, 2.05) is 32.0 Å². The molecule has 0 aromatic heterocycles. The molecule has 1 aliphatic rings. The third kappa shape index (κ3) is 3.48. The highest BCUT2D eigenvalue weighted by molar-refractivity contribution is 7.85. The van der Waals surface area contributed by atoms with Gasteiger partial charge in [0.25, 0.3) is 0 Å². The minimum atomic E-state index is -0.894. The molecule has 0 spiro atoms. The van der Waals surface area contributed by atoms with Crippen LogP contribution >= 0.6 is 0 Å². The van der Waals surface area contributed by atoms with Gasteiger partial charge in [-0.2, -0.15) is 0 Å². The lowest BCUT2D eigenvalue weighted by Gasteiger charge is -2.21. The predicted molar refractivity (Wildman–Crippen MR) is 77.1 cm³/mol. The highest BCUT2D eigenvalue weighted by Gasteiger charge is 2.18. The summed E-state index contributed by atoms with van der Waals surface area (Å²) < 4.78 is 23.0. The summed E-state index contributed by atoms with van der Waals surface area (Å²) in [6, 6.07) is 5.46. The summed E-state index contributed by atoms with van der Waals surface area (Å²) in [5, 5.41) is 0.184. The average Bonchev–Trinajstić information content (AvgIpc) is 2.45. The van der Waals surface area contributed by atoms with Crippen molar-refractivity contribution < 1.29 is 13.7 Å². The van der Waals surface area contributed by atoms with Crippen molar-refractivity contribution >= 4 is 10.8 Å². The van der Waals surface area contributed by atoms with Gasteiger partial charge in [0.15, 0.2) is 11.5 Å². The summed E-state index contributed by atoms with van der Waals surface area (Å²) in [6.07, 6.45) is 0.903. The van der Waals surface area contributed by atoms with E-state index < -0.39 is 10.8 Å². The van der Waals surface area contributed by atoms with Gasteiger partial charge in [0.2, 0.25) is 0 Å². The molecular formula is C14H21NO3S. The fourth-order valence-electron chi connectivity index (χ4n) is 1.91. The largest absolute Gasteiger partial charge is 0.486 e. The first-order valence-corrected chi connectivity index (χ1v) is 8.02. The monoisotopic (exact) mass is 283 g/mol. The minimum absolute atomic E-state index is 0.184. The SMILES string of the molecule is CCC(C)S(=O)CC(N)c1ccc2c(c1)OCCO2. The molecule has 0 fully saturated rings. The molecule has 2 rings (SSSR count). The van der Waals surface area contributed by atoms with Gasteiger partial charge in [-0.1, -0.05) is 19.9 Å². The topological polar surface area (TPSA) is 61.6 Å². The van der Waals surface area contributed by atoms with Crippen LogP contribution in [0.4, 0.5) is 0 Å². The second kappa shape index (κ2) is 6.39. The van der Waals surface area contributed by atoms with E-state index in [2.05, 4.69) is 0 Å². The average molecular weight is 283 g/mol. The van der Waals surface area contributed by atoms with Gasteiger partial charge < -0.3 is 15.2 Å². The molecular weight excluding hydrogens is 262 g/mol. The maximum Gasteiger partial charge on any atom is 0.161 e. The zero-order chi connectivity index (χ0) is 13.8. The van der Waals surface area contributed by atoms with Crippen LogP contribution in [0.3, 0.4) is 0 Å². The molecule has 1 aromatic carbocycles. The zero-order valence-electron chi connectivity index (χ0n) is 11.4. The van der Waals surface area contributed by atoms with Crippen molar-refractivity contribution in [3.05, 3.63) is 23.8 Å². The fraction of sp³-hybridized carbons (Fsp3) is 0.571. The predicted octanol–water partition coefficient (Wildman–Crippen LogP) is 2.00. The molecule has 1 heterocycles. The van der Waals surface area contributed by atoms with Gasteiger partial charge in [-0.05, 0) is 24.1 Å². The smallest absolute Gasteiger partial charge is 0.161 e. The van der Waals surface area contributed by atoms with Crippen LogP contribution in [0.2, 0.25) is 0 Å². The summed E-state index contributed by atoms with van der Waals surface area (Å²) in [7, 11) is -0.894. The van der Waals surface area contributed by atoms with Gasteiger partial charge >= 0.3 is 0 Å². The molecule has 3 unspecified atom stereocenters. The minimum Gasteiger partial charge on any atom is -0.486 e. The molecule has 3 atom stereocenters. The van der Waals surface area contributed by atoms with Crippen molar-refractivity contribution in [3.63, 3.8) is 0 Å². The van der Waals surface area contributed by atoms with E-state index >= 15 is 0 Å². The van der Waals surface area contributed by atoms with Gasteiger partial charge in [-0.15, -0.1) is 0 Å². The van der Waals surface area contributed by atoms with Crippen LogP contribution in [0.25, 0.3) is 0 Å². The van der Waals surface area contributed by atoms with Crippen molar-refractivity contribution in [2.45, 2.75) is 31.6 Å². The molecule has 1 aromatic rings. The molecule has 4 nitrogen and oxygen atoms in total. The van der Waals surface area contributed by atoms with Crippen molar-refractivity contribution in [1.82, 2.24) is 0 Å². The van der Waals surface area contributed by atoms with Crippen LogP contribution in [-0.2, 0) is 10.8 Å². The molecule has 0 radical (unpaired) electrons. The molecule has 1 aliphatic heterocycles. The first-order valence-electron chi connectivity index (χ1n) is 6.64. The first kappa shape index (κ1) is 14.3. The highest BCUT2D eigenvalue weighted by atomic mass is 32.2. The zero-order valence-corrected chi connectivity index (χ0v) is 12.2. The highest BCUT2D eigenvalue weighted by Crippen LogP contribution is 2.32. The van der Waals surface area contributed by atoms with Crippen molar-refractivity contribution in [2.24, 2.45) is 5.73 Å². The lowest BCUT2D eigenvalue weighted by atomic mass is 10.1. The second-order valence-electron chi connectivity index (χ2n) is 4.78. The normalized spacial score (nSPS) is 18.7. The summed E-state index contributed by atoms with van der Waals surface area (Å²) >= 11 is 0. The first-order chi connectivity index (χ1) is 9.11. The Morgan fingerprint density at radius 1 is 1.32 bits per heavy atom.